The fourth-order valence-corrected chi connectivity index (χ4v) is 3.00. The minimum atomic E-state index is -4.73. The number of carbonyl (C=O) groups is 2. The molecule has 4 N–H and O–H groups in total. The Morgan fingerprint density at radius 3 is 1.78 bits per heavy atom. The van der Waals surface area contributed by atoms with Crippen molar-refractivity contribution >= 4 is 21.7 Å². The standard InChI is InChI=1S/C14H8O8S/c15-7-1-2-8(16)12-11(7)13(18)6-3-5(23(20,21)22)4-9(17)10(6)14(12)19/h1-4,15-17H,(H,20,21,22). The third kappa shape index (κ3) is 2.05. The average molecular weight is 336 g/mol. The van der Waals surface area contributed by atoms with Gasteiger partial charge in [-0.2, -0.15) is 8.42 Å². The second-order valence-corrected chi connectivity index (χ2v) is 6.27. The van der Waals surface area contributed by atoms with E-state index in [-0.39, 0.29) is 0 Å². The van der Waals surface area contributed by atoms with E-state index in [1.54, 1.807) is 0 Å². The van der Waals surface area contributed by atoms with Gasteiger partial charge in [-0.15, -0.1) is 0 Å². The topological polar surface area (TPSA) is 149 Å². The maximum absolute atomic E-state index is 12.4. The fourth-order valence-electron chi connectivity index (χ4n) is 2.47. The summed E-state index contributed by atoms with van der Waals surface area (Å²) in [6, 6.07) is 3.34. The van der Waals surface area contributed by atoms with E-state index in [4.69, 9.17) is 4.55 Å². The average Bonchev–Trinajstić information content (AvgIpc) is 2.45. The Labute approximate surface area is 129 Å². The molecule has 0 radical (unpaired) electrons. The first-order chi connectivity index (χ1) is 10.6. The highest BCUT2D eigenvalue weighted by Gasteiger charge is 2.37. The van der Waals surface area contributed by atoms with Crippen molar-refractivity contribution in [2.75, 3.05) is 0 Å². The van der Waals surface area contributed by atoms with Gasteiger partial charge >= 0.3 is 0 Å². The molecule has 0 spiro atoms. The van der Waals surface area contributed by atoms with Gasteiger partial charge in [0.25, 0.3) is 10.1 Å². The molecule has 0 saturated heterocycles. The molecular weight excluding hydrogens is 328 g/mol. The van der Waals surface area contributed by atoms with Gasteiger partial charge in [0.2, 0.25) is 5.78 Å². The second-order valence-electron chi connectivity index (χ2n) is 4.85. The number of benzene rings is 2. The molecule has 0 aliphatic heterocycles. The Kier molecular flexibility index (Phi) is 2.96. The Bertz CT molecular complexity index is 1000. The van der Waals surface area contributed by atoms with Gasteiger partial charge in [-0.25, -0.2) is 0 Å². The molecule has 0 bridgehead atoms. The molecule has 2 aromatic carbocycles. The first-order valence-corrected chi connectivity index (χ1v) is 7.55. The third-order valence-electron chi connectivity index (χ3n) is 3.48. The van der Waals surface area contributed by atoms with E-state index in [2.05, 4.69) is 0 Å². The lowest BCUT2D eigenvalue weighted by molar-refractivity contribution is 0.0971. The largest absolute Gasteiger partial charge is 0.507 e. The first-order valence-electron chi connectivity index (χ1n) is 6.11. The molecular formula is C14H8O8S. The van der Waals surface area contributed by atoms with E-state index in [0.717, 1.165) is 18.2 Å². The predicted molar refractivity (Wildman–Crippen MR) is 74.6 cm³/mol. The third-order valence-corrected chi connectivity index (χ3v) is 4.31. The fraction of sp³-hybridized carbons (Fsp3) is 0. The zero-order valence-electron chi connectivity index (χ0n) is 11.1. The molecule has 1 aliphatic carbocycles. The van der Waals surface area contributed by atoms with Crippen LogP contribution in [-0.2, 0) is 10.1 Å². The molecule has 0 aromatic heterocycles. The van der Waals surface area contributed by atoms with E-state index >= 15 is 0 Å². The molecule has 0 saturated carbocycles. The van der Waals surface area contributed by atoms with Crippen molar-refractivity contribution in [1.29, 1.82) is 0 Å². The number of ketones is 2. The number of phenolic OH excluding ortho intramolecular Hbond substituents is 3. The minimum absolute atomic E-state index is 0.489. The highest BCUT2D eigenvalue weighted by Crippen LogP contribution is 2.41. The molecule has 118 valence electrons. The van der Waals surface area contributed by atoms with Crippen LogP contribution in [0.5, 0.6) is 17.2 Å². The Balaban J connectivity index is 2.41. The van der Waals surface area contributed by atoms with Gasteiger partial charge in [0.05, 0.1) is 21.6 Å². The summed E-state index contributed by atoms with van der Waals surface area (Å²) in [5, 5.41) is 29.4. The highest BCUT2D eigenvalue weighted by atomic mass is 32.2. The van der Waals surface area contributed by atoms with Crippen molar-refractivity contribution in [3.63, 3.8) is 0 Å². The summed E-state index contributed by atoms with van der Waals surface area (Å²) in [5.41, 5.74) is -2.02. The van der Waals surface area contributed by atoms with Crippen LogP contribution in [-0.4, -0.2) is 39.9 Å². The number of hydrogen-bond acceptors (Lipinski definition) is 7. The van der Waals surface area contributed by atoms with Crippen LogP contribution >= 0.6 is 0 Å². The summed E-state index contributed by atoms with van der Waals surface area (Å²) in [6.45, 7) is 0. The summed E-state index contributed by atoms with van der Waals surface area (Å²) in [7, 11) is -4.73. The van der Waals surface area contributed by atoms with Crippen molar-refractivity contribution in [2.45, 2.75) is 4.90 Å². The summed E-state index contributed by atoms with van der Waals surface area (Å²) in [6.07, 6.45) is 0. The molecule has 0 unspecified atom stereocenters. The number of rotatable bonds is 1. The van der Waals surface area contributed by atoms with E-state index < -0.39 is 66.1 Å². The van der Waals surface area contributed by atoms with E-state index in [0.29, 0.717) is 6.07 Å². The molecule has 9 heteroatoms. The molecule has 8 nitrogen and oxygen atoms in total. The minimum Gasteiger partial charge on any atom is -0.507 e. The van der Waals surface area contributed by atoms with Gasteiger partial charge in [0.1, 0.15) is 17.2 Å². The van der Waals surface area contributed by atoms with E-state index in [1.807, 2.05) is 0 Å². The maximum atomic E-state index is 12.4. The summed E-state index contributed by atoms with van der Waals surface area (Å²) in [4.78, 5) is 24.1. The molecule has 0 atom stereocenters. The molecule has 2 aromatic rings. The number of hydrogen-bond donors (Lipinski definition) is 4. The number of fused-ring (bicyclic) bond motifs is 2. The van der Waals surface area contributed by atoms with E-state index in [1.165, 1.54) is 0 Å². The summed E-state index contributed by atoms with van der Waals surface area (Å²) < 4.78 is 31.4. The number of phenols is 3. The summed E-state index contributed by atoms with van der Waals surface area (Å²) >= 11 is 0. The maximum Gasteiger partial charge on any atom is 0.294 e. The zero-order chi connectivity index (χ0) is 17.1. The second kappa shape index (κ2) is 4.54. The first kappa shape index (κ1) is 15.0. The van der Waals surface area contributed by atoms with Crippen LogP contribution in [0.15, 0.2) is 29.2 Å². The summed E-state index contributed by atoms with van der Waals surface area (Å²) in [5.74, 6) is -3.92. The van der Waals surface area contributed by atoms with Crippen LogP contribution < -0.4 is 0 Å². The highest BCUT2D eigenvalue weighted by molar-refractivity contribution is 7.85. The smallest absolute Gasteiger partial charge is 0.294 e. The normalized spacial score (nSPS) is 13.6. The van der Waals surface area contributed by atoms with Crippen LogP contribution in [0.25, 0.3) is 0 Å². The van der Waals surface area contributed by atoms with Crippen LogP contribution in [0, 0.1) is 0 Å². The van der Waals surface area contributed by atoms with Crippen molar-refractivity contribution in [1.82, 2.24) is 0 Å². The number of carbonyl (C=O) groups excluding carboxylic acids is 2. The molecule has 3 rings (SSSR count). The van der Waals surface area contributed by atoms with Crippen molar-refractivity contribution in [3.05, 3.63) is 46.5 Å². The lowest BCUT2D eigenvalue weighted by atomic mass is 9.82. The van der Waals surface area contributed by atoms with Crippen molar-refractivity contribution in [3.8, 4) is 17.2 Å². The van der Waals surface area contributed by atoms with Crippen LogP contribution in [0.1, 0.15) is 31.8 Å². The Morgan fingerprint density at radius 1 is 0.739 bits per heavy atom. The molecule has 0 amide bonds. The Morgan fingerprint density at radius 2 is 1.26 bits per heavy atom. The van der Waals surface area contributed by atoms with Crippen LogP contribution in [0.4, 0.5) is 0 Å². The van der Waals surface area contributed by atoms with Gasteiger partial charge in [-0.1, -0.05) is 0 Å². The zero-order valence-corrected chi connectivity index (χ0v) is 12.0. The number of aromatic hydroxyl groups is 3. The predicted octanol–water partition coefficient (Wildman–Crippen LogP) is 0.825. The SMILES string of the molecule is O=C1c2cc(S(=O)(=O)O)cc(O)c2C(=O)c2c(O)ccc(O)c21. The molecule has 1 aliphatic rings. The quantitative estimate of drug-likeness (QED) is 0.377. The lowest BCUT2D eigenvalue weighted by Gasteiger charge is -2.20. The molecule has 23 heavy (non-hydrogen) atoms. The monoisotopic (exact) mass is 336 g/mol. The molecule has 0 fully saturated rings. The van der Waals surface area contributed by atoms with Crippen LogP contribution in [0.2, 0.25) is 0 Å². The van der Waals surface area contributed by atoms with Crippen molar-refractivity contribution < 1.29 is 37.9 Å². The van der Waals surface area contributed by atoms with Crippen molar-refractivity contribution in [2.24, 2.45) is 0 Å². The Hall–Kier alpha value is -2.91. The van der Waals surface area contributed by atoms with Gasteiger partial charge in [-0.05, 0) is 18.2 Å². The van der Waals surface area contributed by atoms with Gasteiger partial charge in [0.15, 0.2) is 5.78 Å². The van der Waals surface area contributed by atoms with Gasteiger partial charge in [-0.3, -0.25) is 14.1 Å². The van der Waals surface area contributed by atoms with E-state index in [9.17, 15) is 33.3 Å². The van der Waals surface area contributed by atoms with Gasteiger partial charge < -0.3 is 15.3 Å². The molecule has 0 heterocycles. The van der Waals surface area contributed by atoms with Gasteiger partial charge in [0, 0.05) is 11.6 Å². The lowest BCUT2D eigenvalue weighted by Crippen LogP contribution is -2.22. The van der Waals surface area contributed by atoms with Crippen LogP contribution in [0.3, 0.4) is 0 Å².